The lowest BCUT2D eigenvalue weighted by atomic mass is 9.98. The number of hydrogen-bond donors (Lipinski definition) is 1. The molecular weight excluding hydrogens is 398 g/mol. The van der Waals surface area contributed by atoms with Gasteiger partial charge in [0.25, 0.3) is 0 Å². The first-order valence-electron chi connectivity index (χ1n) is 10.2. The van der Waals surface area contributed by atoms with Crippen LogP contribution in [0, 0.1) is 0 Å². The molecule has 1 amide bonds. The summed E-state index contributed by atoms with van der Waals surface area (Å²) >= 11 is 0. The van der Waals surface area contributed by atoms with Crippen LogP contribution in [0.4, 0.5) is 0 Å². The molecule has 2 aromatic rings. The van der Waals surface area contributed by atoms with Crippen molar-refractivity contribution in [1.82, 2.24) is 5.32 Å². The molecule has 0 heterocycles. The number of benzene rings is 2. The van der Waals surface area contributed by atoms with E-state index in [1.54, 1.807) is 14.0 Å². The molecule has 0 aliphatic heterocycles. The van der Waals surface area contributed by atoms with Gasteiger partial charge < -0.3 is 19.5 Å². The Hall–Kier alpha value is -3.35. The Bertz CT molecular complexity index is 878. The average Bonchev–Trinajstić information content (AvgIpc) is 2.78. The fourth-order valence-corrected chi connectivity index (χ4v) is 3.20. The number of nitrogens with one attached hydrogen (secondary N) is 1. The lowest BCUT2D eigenvalue weighted by Gasteiger charge is -2.18. The minimum absolute atomic E-state index is 0.00125. The van der Waals surface area contributed by atoms with Gasteiger partial charge in [0, 0.05) is 18.0 Å². The van der Waals surface area contributed by atoms with Crippen LogP contribution in [-0.2, 0) is 30.3 Å². The van der Waals surface area contributed by atoms with E-state index in [0.29, 0.717) is 6.42 Å². The zero-order chi connectivity index (χ0) is 22.6. The van der Waals surface area contributed by atoms with Crippen LogP contribution in [0.2, 0.25) is 0 Å². The molecule has 2 aromatic carbocycles. The van der Waals surface area contributed by atoms with Crippen LogP contribution in [0.25, 0.3) is 11.1 Å². The normalized spacial score (nSPS) is 11.3. The van der Waals surface area contributed by atoms with Crippen LogP contribution < -0.4 is 10.1 Å². The predicted octanol–water partition coefficient (Wildman–Crippen LogP) is 3.30. The van der Waals surface area contributed by atoms with Crippen molar-refractivity contribution in [2.45, 2.75) is 38.6 Å². The minimum atomic E-state index is -0.455. The molecule has 7 heteroatoms. The standard InChI is InChI=1S/C24H29NO6/c1-4-31-24(28)16-19(25-22(26)13-14-23(27)30-3)15-17-9-11-18(12-10-17)20-7-5-6-8-21(20)29-2/h5-12,19H,4,13-16H2,1-3H3,(H,25,26). The summed E-state index contributed by atoms with van der Waals surface area (Å²) in [5.74, 6) is -0.367. The summed E-state index contributed by atoms with van der Waals surface area (Å²) < 4.78 is 15.0. The van der Waals surface area contributed by atoms with Crippen molar-refractivity contribution in [2.75, 3.05) is 20.8 Å². The summed E-state index contributed by atoms with van der Waals surface area (Å²) in [6, 6.07) is 15.2. The number of ether oxygens (including phenoxy) is 3. The molecule has 0 radical (unpaired) electrons. The van der Waals surface area contributed by atoms with Gasteiger partial charge in [-0.3, -0.25) is 14.4 Å². The zero-order valence-electron chi connectivity index (χ0n) is 18.2. The number of esters is 2. The Kier molecular flexibility index (Phi) is 9.55. The molecule has 2 rings (SSSR count). The fraction of sp³-hybridized carbons (Fsp3) is 0.375. The van der Waals surface area contributed by atoms with E-state index in [0.717, 1.165) is 22.4 Å². The third-order valence-corrected chi connectivity index (χ3v) is 4.72. The van der Waals surface area contributed by atoms with Gasteiger partial charge >= 0.3 is 11.9 Å². The van der Waals surface area contributed by atoms with E-state index in [9.17, 15) is 14.4 Å². The molecule has 31 heavy (non-hydrogen) atoms. The summed E-state index contributed by atoms with van der Waals surface area (Å²) in [4.78, 5) is 35.5. The minimum Gasteiger partial charge on any atom is -0.496 e. The number of hydrogen-bond acceptors (Lipinski definition) is 6. The number of rotatable bonds is 11. The average molecular weight is 427 g/mol. The quantitative estimate of drug-likeness (QED) is 0.554. The molecule has 1 N–H and O–H groups in total. The van der Waals surface area contributed by atoms with E-state index in [2.05, 4.69) is 10.1 Å². The van der Waals surface area contributed by atoms with Crippen LogP contribution in [0.3, 0.4) is 0 Å². The van der Waals surface area contributed by atoms with Crippen molar-refractivity contribution >= 4 is 17.8 Å². The van der Waals surface area contributed by atoms with Crippen molar-refractivity contribution < 1.29 is 28.6 Å². The lowest BCUT2D eigenvalue weighted by Crippen LogP contribution is -2.38. The summed E-state index contributed by atoms with van der Waals surface area (Å²) in [6.07, 6.45) is 0.488. The van der Waals surface area contributed by atoms with E-state index < -0.39 is 12.0 Å². The highest BCUT2D eigenvalue weighted by Gasteiger charge is 2.19. The molecule has 1 atom stereocenters. The van der Waals surface area contributed by atoms with E-state index in [1.807, 2.05) is 48.5 Å². The van der Waals surface area contributed by atoms with Gasteiger partial charge in [0.05, 0.1) is 33.7 Å². The highest BCUT2D eigenvalue weighted by atomic mass is 16.5. The Morgan fingerprint density at radius 3 is 2.29 bits per heavy atom. The van der Waals surface area contributed by atoms with Crippen LogP contribution in [0.1, 0.15) is 31.7 Å². The molecule has 166 valence electrons. The first-order valence-corrected chi connectivity index (χ1v) is 10.2. The molecule has 0 aliphatic rings. The Morgan fingerprint density at radius 1 is 0.935 bits per heavy atom. The fourth-order valence-electron chi connectivity index (χ4n) is 3.20. The van der Waals surface area contributed by atoms with Gasteiger partial charge in [0.1, 0.15) is 5.75 Å². The molecule has 7 nitrogen and oxygen atoms in total. The molecule has 0 fully saturated rings. The second-order valence-electron chi connectivity index (χ2n) is 6.95. The number of para-hydroxylation sites is 1. The molecule has 0 saturated carbocycles. The topological polar surface area (TPSA) is 90.9 Å². The monoisotopic (exact) mass is 427 g/mol. The van der Waals surface area contributed by atoms with Crippen LogP contribution in [0.5, 0.6) is 5.75 Å². The molecule has 0 aliphatic carbocycles. The molecule has 0 saturated heterocycles. The van der Waals surface area contributed by atoms with Crippen molar-refractivity contribution in [3.63, 3.8) is 0 Å². The van der Waals surface area contributed by atoms with E-state index >= 15 is 0 Å². The third kappa shape index (κ3) is 7.77. The van der Waals surface area contributed by atoms with Crippen LogP contribution >= 0.6 is 0 Å². The first-order chi connectivity index (χ1) is 15.0. The highest BCUT2D eigenvalue weighted by Crippen LogP contribution is 2.29. The summed E-state index contributed by atoms with van der Waals surface area (Å²) in [5, 5.41) is 2.83. The van der Waals surface area contributed by atoms with Gasteiger partial charge in [-0.25, -0.2) is 0 Å². The summed E-state index contributed by atoms with van der Waals surface area (Å²) in [5.41, 5.74) is 2.95. The molecule has 0 aromatic heterocycles. The van der Waals surface area contributed by atoms with Gasteiger partial charge in [0.15, 0.2) is 0 Å². The largest absolute Gasteiger partial charge is 0.496 e. The maximum absolute atomic E-state index is 12.2. The molecule has 0 bridgehead atoms. The molecular formula is C24H29NO6. The van der Waals surface area contributed by atoms with E-state index in [-0.39, 0.29) is 37.7 Å². The Labute approximate surface area is 182 Å². The van der Waals surface area contributed by atoms with Crippen molar-refractivity contribution in [1.29, 1.82) is 0 Å². The Morgan fingerprint density at radius 2 is 1.65 bits per heavy atom. The lowest BCUT2D eigenvalue weighted by molar-refractivity contribution is -0.144. The third-order valence-electron chi connectivity index (χ3n) is 4.72. The van der Waals surface area contributed by atoms with Gasteiger partial charge in [-0.2, -0.15) is 0 Å². The predicted molar refractivity (Wildman–Crippen MR) is 117 cm³/mol. The van der Waals surface area contributed by atoms with Crippen LogP contribution in [-0.4, -0.2) is 44.7 Å². The zero-order valence-corrected chi connectivity index (χ0v) is 18.2. The number of carbonyl (C=O) groups excluding carboxylic acids is 3. The maximum Gasteiger partial charge on any atom is 0.307 e. The molecule has 1 unspecified atom stereocenters. The number of carbonyl (C=O) groups is 3. The number of amides is 1. The smallest absolute Gasteiger partial charge is 0.307 e. The highest BCUT2D eigenvalue weighted by molar-refractivity contribution is 5.82. The summed E-state index contributed by atoms with van der Waals surface area (Å²) in [7, 11) is 2.91. The van der Waals surface area contributed by atoms with Gasteiger partial charge in [-0.15, -0.1) is 0 Å². The van der Waals surface area contributed by atoms with Crippen molar-refractivity contribution in [2.24, 2.45) is 0 Å². The van der Waals surface area contributed by atoms with E-state index in [1.165, 1.54) is 7.11 Å². The molecule has 0 spiro atoms. The SMILES string of the molecule is CCOC(=O)CC(Cc1ccc(-c2ccccc2OC)cc1)NC(=O)CCC(=O)OC. The van der Waals surface area contributed by atoms with Gasteiger partial charge in [0.2, 0.25) is 5.91 Å². The second kappa shape index (κ2) is 12.4. The van der Waals surface area contributed by atoms with Gasteiger partial charge in [-0.05, 0) is 30.5 Å². The van der Waals surface area contributed by atoms with Crippen molar-refractivity contribution in [3.05, 3.63) is 54.1 Å². The van der Waals surface area contributed by atoms with Crippen LogP contribution in [0.15, 0.2) is 48.5 Å². The second-order valence-corrected chi connectivity index (χ2v) is 6.95. The van der Waals surface area contributed by atoms with Gasteiger partial charge in [-0.1, -0.05) is 42.5 Å². The van der Waals surface area contributed by atoms with E-state index in [4.69, 9.17) is 9.47 Å². The Balaban J connectivity index is 2.09. The maximum atomic E-state index is 12.2. The summed E-state index contributed by atoms with van der Waals surface area (Å²) in [6.45, 7) is 2.01. The number of methoxy groups -OCH3 is 2. The first kappa shape index (κ1) is 23.9. The van der Waals surface area contributed by atoms with Crippen molar-refractivity contribution in [3.8, 4) is 16.9 Å².